The molecule has 1 aliphatic rings. The summed E-state index contributed by atoms with van der Waals surface area (Å²) < 4.78 is 78.8. The van der Waals surface area contributed by atoms with E-state index < -0.39 is 37.6 Å². The average molecular weight is 296 g/mol. The van der Waals surface area contributed by atoms with E-state index in [0.29, 0.717) is 10.3 Å². The van der Waals surface area contributed by atoms with Crippen LogP contribution in [0, 0.1) is 0 Å². The molecule has 1 aromatic carbocycles. The van der Waals surface area contributed by atoms with Crippen molar-refractivity contribution >= 4 is 17.0 Å². The maximum absolute atomic E-state index is 11.5. The molecule has 1 atom stereocenters. The third kappa shape index (κ3) is 3.19. The van der Waals surface area contributed by atoms with Gasteiger partial charge in [-0.05, 0) is 50.1 Å². The predicted octanol–water partition coefficient (Wildman–Crippen LogP) is 1.92. The summed E-state index contributed by atoms with van der Waals surface area (Å²) >= 11 is 0. The maximum atomic E-state index is 11.5. The van der Waals surface area contributed by atoms with Gasteiger partial charge in [0.15, 0.2) is 2.82 Å². The Morgan fingerprint density at radius 1 is 1.57 bits per heavy atom. The minimum Gasteiger partial charge on any atom is -0.447 e. The van der Waals surface area contributed by atoms with Crippen molar-refractivity contribution in [3.05, 3.63) is 35.5 Å². The summed E-state index contributed by atoms with van der Waals surface area (Å²) in [5.74, 6) is 0. The van der Waals surface area contributed by atoms with Crippen LogP contribution in [0.5, 0.6) is 0 Å². The van der Waals surface area contributed by atoms with E-state index in [1.807, 2.05) is 0 Å². The zero-order chi connectivity index (χ0) is 22.8. The molecule has 112 valence electrons. The van der Waals surface area contributed by atoms with Crippen LogP contribution in [0.1, 0.15) is 20.7 Å². The standard InChI is InChI=1S/C16H21N3O2/c1-19(2)6-5-12-9-17-15-4-3-11(8-14(12)15)7-13-10-21-16(20)18-13/h3-4,8-9,13,17H,5-7,10H2,1-2H3,(H,18,20)/t13-/m0/s1/i5D2,6D2,7D2,9D/hD2. The number of cyclic esters (lactones) is 1. The summed E-state index contributed by atoms with van der Waals surface area (Å²) in [7, 11) is 2.71. The topological polar surface area (TPSA) is 57.4 Å². The first-order chi connectivity index (χ1) is 13.7. The van der Waals surface area contributed by atoms with E-state index in [-0.39, 0.29) is 28.6 Å². The minimum absolute atomic E-state index is 0.00822. The molecule has 2 aromatic rings. The van der Waals surface area contributed by atoms with Crippen molar-refractivity contribution < 1.29 is 22.0 Å². The lowest BCUT2D eigenvalue weighted by Gasteiger charge is -2.09. The van der Waals surface area contributed by atoms with E-state index in [2.05, 4.69) is 0 Å². The molecular formula is C16H21N3O2. The number of aryl methyl sites for hydroxylation is 1. The summed E-state index contributed by atoms with van der Waals surface area (Å²) in [5.41, 5.74) is -0.289. The van der Waals surface area contributed by atoms with Crippen LogP contribution >= 0.6 is 0 Å². The van der Waals surface area contributed by atoms with E-state index >= 15 is 0 Å². The highest BCUT2D eigenvalue weighted by Crippen LogP contribution is 2.21. The molecule has 1 amide bonds. The first kappa shape index (κ1) is 6.83. The van der Waals surface area contributed by atoms with Gasteiger partial charge in [0.2, 0.25) is 0 Å². The molecule has 0 bridgehead atoms. The van der Waals surface area contributed by atoms with E-state index in [4.69, 9.17) is 17.2 Å². The molecule has 3 rings (SSSR count). The third-order valence-corrected chi connectivity index (χ3v) is 2.92. The Hall–Kier alpha value is -2.01. The number of H-pyrrole nitrogens is 1. The quantitative estimate of drug-likeness (QED) is 0.886. The van der Waals surface area contributed by atoms with Crippen molar-refractivity contribution in [2.75, 3.05) is 27.2 Å². The lowest BCUT2D eigenvalue weighted by atomic mass is 10.0. The van der Waals surface area contributed by atoms with Crippen molar-refractivity contribution in [2.45, 2.75) is 18.8 Å². The van der Waals surface area contributed by atoms with Crippen LogP contribution in [-0.2, 0) is 17.5 Å². The summed E-state index contributed by atoms with van der Waals surface area (Å²) in [6.45, 7) is -2.87. The number of benzene rings is 1. The Labute approximate surface area is 137 Å². The van der Waals surface area contributed by atoms with Crippen LogP contribution in [0.25, 0.3) is 10.9 Å². The minimum atomic E-state index is -2.71. The second kappa shape index (κ2) is 5.77. The Bertz CT molecular complexity index is 1010. The summed E-state index contributed by atoms with van der Waals surface area (Å²) in [4.78, 5) is 13.2. The first-order valence-corrected chi connectivity index (χ1v) is 6.43. The van der Waals surface area contributed by atoms with Crippen LogP contribution in [0.2, 0.25) is 2.82 Å². The number of carbonyl (C=O) groups is 1. The average Bonchev–Trinajstić information content (AvgIpc) is 3.12. The Morgan fingerprint density at radius 3 is 3.14 bits per heavy atom. The number of rotatable bonds is 5. The molecule has 0 saturated carbocycles. The SMILES string of the molecule is [2H]c1c(C([2H])([2H])C([2H])([2H])N(C)C)c2cc(C([2H])([2H])[C@H]3COC(=O)N3[2H])ccc2n1[2H]. The first-order valence-electron chi connectivity index (χ1n) is 10.8. The summed E-state index contributed by atoms with van der Waals surface area (Å²) in [5, 5.41) is 0.412. The van der Waals surface area contributed by atoms with Crippen molar-refractivity contribution in [1.82, 2.24) is 15.2 Å². The van der Waals surface area contributed by atoms with Gasteiger partial charge >= 0.3 is 6.09 Å². The number of fused-ring (bicyclic) bond motifs is 1. The maximum Gasteiger partial charge on any atom is 0.407 e. The number of aromatic nitrogens is 1. The van der Waals surface area contributed by atoms with Gasteiger partial charge in [-0.1, -0.05) is 6.07 Å². The van der Waals surface area contributed by atoms with Crippen LogP contribution in [0.15, 0.2) is 24.4 Å². The van der Waals surface area contributed by atoms with Gasteiger partial charge in [-0.2, -0.15) is 0 Å². The Kier molecular flexibility index (Phi) is 1.88. The highest BCUT2D eigenvalue weighted by molar-refractivity contribution is 5.84. The number of nitrogens with one attached hydrogen (secondary N) is 2. The zero-order valence-electron chi connectivity index (χ0n) is 20.7. The van der Waals surface area contributed by atoms with Crippen LogP contribution in [0.4, 0.5) is 4.79 Å². The largest absolute Gasteiger partial charge is 0.447 e. The second-order valence-electron chi connectivity index (χ2n) is 4.83. The normalized spacial score (nSPS) is 27.0. The van der Waals surface area contributed by atoms with E-state index in [9.17, 15) is 4.79 Å². The van der Waals surface area contributed by atoms with E-state index in [1.165, 1.54) is 32.3 Å². The number of carbonyl (C=O) groups excluding carboxylic acids is 1. The monoisotopic (exact) mass is 296 g/mol. The molecule has 1 fully saturated rings. The van der Waals surface area contributed by atoms with Crippen molar-refractivity contribution in [1.29, 1.82) is 0 Å². The molecule has 1 saturated heterocycles. The van der Waals surface area contributed by atoms with Crippen LogP contribution in [-0.4, -0.2) is 49.2 Å². The fraction of sp³-hybridized carbons (Fsp3) is 0.438. The summed E-state index contributed by atoms with van der Waals surface area (Å²) in [6.07, 6.45) is -6.50. The number of nitrogens with zero attached hydrogens (tertiary/aromatic N) is 1. The lowest BCUT2D eigenvalue weighted by molar-refractivity contribution is 0.177. The molecule has 2 N–H and O–H groups in total. The molecule has 0 spiro atoms. The fourth-order valence-corrected chi connectivity index (χ4v) is 1.98. The Balaban J connectivity index is 2.22. The Morgan fingerprint density at radius 2 is 2.43 bits per heavy atom. The molecule has 1 aromatic heterocycles. The number of ether oxygens (including phenoxy) is 1. The highest BCUT2D eigenvalue weighted by atomic mass is 16.6. The molecule has 0 unspecified atom stereocenters. The van der Waals surface area contributed by atoms with Gasteiger partial charge in [-0.3, -0.25) is 0 Å². The number of hydrogen-bond donors (Lipinski definition) is 2. The number of likely N-dealkylation sites (N-methyl/N-ethyl adjacent to an activating group) is 1. The molecule has 0 aliphatic carbocycles. The van der Waals surface area contributed by atoms with Gasteiger partial charge in [0, 0.05) is 31.8 Å². The third-order valence-electron chi connectivity index (χ3n) is 2.92. The van der Waals surface area contributed by atoms with Crippen molar-refractivity contribution in [3.8, 4) is 0 Å². The fourth-order valence-electron chi connectivity index (χ4n) is 1.98. The van der Waals surface area contributed by atoms with Crippen molar-refractivity contribution in [3.63, 3.8) is 0 Å². The molecule has 5 nitrogen and oxygen atoms in total. The smallest absolute Gasteiger partial charge is 0.407 e. The zero-order valence-corrected chi connectivity index (χ0v) is 11.7. The highest BCUT2D eigenvalue weighted by Gasteiger charge is 2.22. The second-order valence-corrected chi connectivity index (χ2v) is 4.83. The molecule has 5 heteroatoms. The van der Waals surface area contributed by atoms with Gasteiger partial charge in [0.05, 0.1) is 7.41 Å². The van der Waals surface area contributed by atoms with Gasteiger partial charge in [0.1, 0.15) is 6.61 Å². The van der Waals surface area contributed by atoms with Crippen molar-refractivity contribution in [2.24, 2.45) is 0 Å². The summed E-state index contributed by atoms with van der Waals surface area (Å²) in [6, 6.07) is 2.67. The number of aromatic amines is 1. The van der Waals surface area contributed by atoms with Crippen LogP contribution < -0.4 is 5.31 Å². The van der Waals surface area contributed by atoms with Gasteiger partial charge in [-0.25, -0.2) is 4.79 Å². The molecule has 2 heterocycles. The van der Waals surface area contributed by atoms with Gasteiger partial charge in [0.25, 0.3) is 0 Å². The molecular weight excluding hydrogens is 266 g/mol. The molecule has 1 aliphatic heterocycles. The predicted molar refractivity (Wildman–Crippen MR) is 82.5 cm³/mol. The van der Waals surface area contributed by atoms with Crippen LogP contribution in [0.3, 0.4) is 0 Å². The van der Waals surface area contributed by atoms with E-state index in [1.54, 1.807) is 0 Å². The van der Waals surface area contributed by atoms with E-state index in [0.717, 1.165) is 4.90 Å². The number of amides is 1. The lowest BCUT2D eigenvalue weighted by Crippen LogP contribution is -2.28. The molecule has 0 radical (unpaired) electrons. The number of hydrogen-bond acceptors (Lipinski definition) is 3. The van der Waals surface area contributed by atoms with Gasteiger partial charge in [-0.15, -0.1) is 0 Å². The van der Waals surface area contributed by atoms with Gasteiger partial charge < -0.3 is 19.9 Å². The molecule has 21 heavy (non-hydrogen) atoms. The number of alkyl carbamates (subject to hydrolysis) is 1.